The predicted octanol–water partition coefficient (Wildman–Crippen LogP) is 2.77. The van der Waals surface area contributed by atoms with E-state index in [1.54, 1.807) is 24.3 Å². The number of Topliss-reactive ketones (excluding diaryl/α,β-unsaturated/α-hetero) is 1. The molecule has 0 heterocycles. The first-order chi connectivity index (χ1) is 7.06. The summed E-state index contributed by atoms with van der Waals surface area (Å²) in [5, 5.41) is 0. The van der Waals surface area contributed by atoms with Gasteiger partial charge in [-0.3, -0.25) is 4.79 Å². The van der Waals surface area contributed by atoms with E-state index in [0.29, 0.717) is 11.1 Å². The first-order valence-electron chi connectivity index (χ1n) is 4.07. The fraction of sp³-hybridized carbons (Fsp3) is 0.200. The van der Waals surface area contributed by atoms with Crippen LogP contribution in [0.1, 0.15) is 20.7 Å². The highest BCUT2D eigenvalue weighted by atomic mass is 79.9. The van der Waals surface area contributed by atoms with Crippen LogP contribution >= 0.6 is 31.9 Å². The summed E-state index contributed by atoms with van der Waals surface area (Å²) < 4.78 is 4.13. The lowest BCUT2D eigenvalue weighted by molar-refractivity contribution is 0.0600. The predicted molar refractivity (Wildman–Crippen MR) is 63.8 cm³/mol. The van der Waals surface area contributed by atoms with Crippen molar-refractivity contribution in [3.63, 3.8) is 0 Å². The van der Waals surface area contributed by atoms with E-state index in [4.69, 9.17) is 0 Å². The van der Waals surface area contributed by atoms with Crippen molar-refractivity contribution in [1.82, 2.24) is 0 Å². The van der Waals surface area contributed by atoms with Gasteiger partial charge in [0.1, 0.15) is 3.74 Å². The Bertz CT molecular complexity index is 371. The number of benzene rings is 1. The summed E-state index contributed by atoms with van der Waals surface area (Å²) in [5.41, 5.74) is 0.955. The molecule has 0 aliphatic heterocycles. The van der Waals surface area contributed by atoms with Gasteiger partial charge in [-0.1, -0.05) is 44.0 Å². The van der Waals surface area contributed by atoms with Crippen LogP contribution in [0.2, 0.25) is 0 Å². The zero-order valence-corrected chi connectivity index (χ0v) is 11.0. The molecule has 0 aromatic heterocycles. The minimum atomic E-state index is -0.414. The summed E-state index contributed by atoms with van der Waals surface area (Å²) in [7, 11) is 1.31. The van der Waals surface area contributed by atoms with Gasteiger partial charge in [0.15, 0.2) is 5.78 Å². The highest BCUT2D eigenvalue weighted by Crippen LogP contribution is 2.16. The largest absolute Gasteiger partial charge is 0.465 e. The third-order valence-electron chi connectivity index (χ3n) is 1.79. The molecule has 0 radical (unpaired) electrons. The van der Waals surface area contributed by atoms with Crippen LogP contribution in [0.15, 0.2) is 24.3 Å². The van der Waals surface area contributed by atoms with E-state index in [9.17, 15) is 9.59 Å². The van der Waals surface area contributed by atoms with E-state index in [1.807, 2.05) is 0 Å². The average molecular weight is 336 g/mol. The Morgan fingerprint density at radius 1 is 1.13 bits per heavy atom. The zero-order valence-electron chi connectivity index (χ0n) is 7.87. The van der Waals surface area contributed by atoms with Crippen molar-refractivity contribution in [2.75, 3.05) is 7.11 Å². The third-order valence-corrected chi connectivity index (χ3v) is 2.62. The molecule has 0 spiro atoms. The number of carbonyl (C=O) groups excluding carboxylic acids is 2. The van der Waals surface area contributed by atoms with Crippen molar-refractivity contribution in [2.24, 2.45) is 0 Å². The first-order valence-corrected chi connectivity index (χ1v) is 5.90. The van der Waals surface area contributed by atoms with Crippen LogP contribution in [0.25, 0.3) is 0 Å². The standard InChI is InChI=1S/C10H8Br2O3/c1-15-10(14)7-4-2-6(3-5-7)8(13)9(11)12/h2-5,9H,1H3. The molecule has 0 bridgehead atoms. The molecule has 3 nitrogen and oxygen atoms in total. The topological polar surface area (TPSA) is 43.4 Å². The Hall–Kier alpha value is -0.680. The average Bonchev–Trinajstić information content (AvgIpc) is 2.27. The minimum absolute atomic E-state index is 0.0913. The molecule has 0 amide bonds. The normalized spacial score (nSPS) is 10.1. The van der Waals surface area contributed by atoms with Crippen LogP contribution in [-0.4, -0.2) is 22.6 Å². The maximum Gasteiger partial charge on any atom is 0.337 e. The molecule has 15 heavy (non-hydrogen) atoms. The van der Waals surface area contributed by atoms with Gasteiger partial charge in [-0.25, -0.2) is 4.79 Å². The lowest BCUT2D eigenvalue weighted by Gasteiger charge is -2.02. The molecule has 0 saturated carbocycles. The fourth-order valence-corrected chi connectivity index (χ4v) is 1.54. The maximum absolute atomic E-state index is 11.5. The van der Waals surface area contributed by atoms with Gasteiger partial charge in [0.25, 0.3) is 0 Å². The van der Waals surface area contributed by atoms with Crippen LogP contribution in [0.4, 0.5) is 0 Å². The first kappa shape index (κ1) is 12.4. The van der Waals surface area contributed by atoms with Gasteiger partial charge in [0.05, 0.1) is 12.7 Å². The summed E-state index contributed by atoms with van der Waals surface area (Å²) in [6.07, 6.45) is 0. The highest BCUT2D eigenvalue weighted by molar-refractivity contribution is 9.25. The molecular weight excluding hydrogens is 328 g/mol. The summed E-state index contributed by atoms with van der Waals surface area (Å²) in [6.45, 7) is 0. The van der Waals surface area contributed by atoms with Crippen LogP contribution in [0, 0.1) is 0 Å². The molecular formula is C10H8Br2O3. The number of esters is 1. The van der Waals surface area contributed by atoms with E-state index in [2.05, 4.69) is 36.6 Å². The number of ether oxygens (including phenoxy) is 1. The molecule has 0 aliphatic carbocycles. The van der Waals surface area contributed by atoms with Crippen molar-refractivity contribution in [3.05, 3.63) is 35.4 Å². The number of methoxy groups -OCH3 is 1. The Balaban J connectivity index is 2.90. The smallest absolute Gasteiger partial charge is 0.337 e. The van der Waals surface area contributed by atoms with Gasteiger partial charge in [0, 0.05) is 5.56 Å². The Kier molecular flexibility index (Phi) is 4.47. The zero-order chi connectivity index (χ0) is 11.4. The molecule has 0 saturated heterocycles. The van der Waals surface area contributed by atoms with Gasteiger partial charge < -0.3 is 4.74 Å². The molecule has 80 valence electrons. The molecule has 1 rings (SSSR count). The number of ketones is 1. The van der Waals surface area contributed by atoms with Gasteiger partial charge in [0.2, 0.25) is 0 Å². The fourth-order valence-electron chi connectivity index (χ4n) is 1.01. The van der Waals surface area contributed by atoms with Crippen LogP contribution in [0.3, 0.4) is 0 Å². The Morgan fingerprint density at radius 2 is 1.60 bits per heavy atom. The summed E-state index contributed by atoms with van der Waals surface area (Å²) in [6, 6.07) is 6.29. The molecule has 0 fully saturated rings. The lowest BCUT2D eigenvalue weighted by Crippen LogP contribution is -2.08. The quantitative estimate of drug-likeness (QED) is 0.484. The summed E-state index contributed by atoms with van der Waals surface area (Å²) >= 11 is 6.23. The van der Waals surface area contributed by atoms with Crippen molar-refractivity contribution in [3.8, 4) is 0 Å². The number of carbonyl (C=O) groups is 2. The van der Waals surface area contributed by atoms with Crippen molar-refractivity contribution in [1.29, 1.82) is 0 Å². The highest BCUT2D eigenvalue weighted by Gasteiger charge is 2.14. The molecule has 0 unspecified atom stereocenters. The number of rotatable bonds is 3. The second kappa shape index (κ2) is 5.42. The van der Waals surface area contributed by atoms with Crippen LogP contribution in [0.5, 0.6) is 0 Å². The number of halogens is 2. The molecule has 0 N–H and O–H groups in total. The Labute approximate surface area is 104 Å². The SMILES string of the molecule is COC(=O)c1ccc(C(=O)C(Br)Br)cc1. The van der Waals surface area contributed by atoms with Crippen molar-refractivity contribution < 1.29 is 14.3 Å². The van der Waals surface area contributed by atoms with Gasteiger partial charge in [-0.15, -0.1) is 0 Å². The van der Waals surface area contributed by atoms with Crippen molar-refractivity contribution in [2.45, 2.75) is 3.74 Å². The van der Waals surface area contributed by atoms with E-state index >= 15 is 0 Å². The molecule has 0 atom stereocenters. The maximum atomic E-state index is 11.5. The monoisotopic (exact) mass is 334 g/mol. The Morgan fingerprint density at radius 3 is 2.00 bits per heavy atom. The van der Waals surface area contributed by atoms with Crippen LogP contribution < -0.4 is 0 Å². The van der Waals surface area contributed by atoms with Crippen molar-refractivity contribution >= 4 is 43.6 Å². The molecule has 1 aromatic carbocycles. The molecule has 5 heteroatoms. The number of hydrogen-bond donors (Lipinski definition) is 0. The second-order valence-corrected chi connectivity index (χ2v) is 5.79. The lowest BCUT2D eigenvalue weighted by atomic mass is 10.1. The number of alkyl halides is 2. The van der Waals surface area contributed by atoms with Gasteiger partial charge in [-0.2, -0.15) is 0 Å². The number of hydrogen-bond acceptors (Lipinski definition) is 3. The van der Waals surface area contributed by atoms with E-state index < -0.39 is 9.71 Å². The molecule has 0 aliphatic rings. The van der Waals surface area contributed by atoms with Gasteiger partial charge in [-0.05, 0) is 12.1 Å². The summed E-state index contributed by atoms with van der Waals surface area (Å²) in [4.78, 5) is 22.6. The van der Waals surface area contributed by atoms with Gasteiger partial charge >= 0.3 is 5.97 Å². The van der Waals surface area contributed by atoms with E-state index in [1.165, 1.54) is 7.11 Å². The summed E-state index contributed by atoms with van der Waals surface area (Å²) in [5.74, 6) is -0.505. The van der Waals surface area contributed by atoms with Crippen LogP contribution in [-0.2, 0) is 4.74 Å². The van der Waals surface area contributed by atoms with E-state index in [-0.39, 0.29) is 5.78 Å². The minimum Gasteiger partial charge on any atom is -0.465 e. The van der Waals surface area contributed by atoms with E-state index in [0.717, 1.165) is 0 Å². The molecule has 1 aromatic rings. The third kappa shape index (κ3) is 3.14. The second-order valence-electron chi connectivity index (χ2n) is 2.73.